The van der Waals surface area contributed by atoms with E-state index in [2.05, 4.69) is 31.8 Å². The maximum atomic E-state index is 13.3. The number of hydrogen-bond acceptors (Lipinski definition) is 4. The molecular formula is C18H19BrFN3O2S. The Labute approximate surface area is 165 Å². The number of benzene rings is 2. The van der Waals surface area contributed by atoms with Crippen molar-refractivity contribution in [2.75, 3.05) is 13.7 Å². The Balaban J connectivity index is 2.10. The van der Waals surface area contributed by atoms with Crippen molar-refractivity contribution in [1.82, 2.24) is 10.7 Å². The third-order valence-corrected chi connectivity index (χ3v) is 4.07. The van der Waals surface area contributed by atoms with Crippen LogP contribution < -0.4 is 20.2 Å². The smallest absolute Gasteiger partial charge is 0.186 e. The molecule has 0 atom stereocenters. The van der Waals surface area contributed by atoms with E-state index >= 15 is 0 Å². The van der Waals surface area contributed by atoms with Gasteiger partial charge < -0.3 is 14.8 Å². The standard InChI is InChI=1S/C18H19BrFN3O2S/c1-3-21-18(26)23-22-10-13-8-15(19)17(16(9-13)24-2)25-11-12-5-4-6-14(20)7-12/h4-10H,3,11H2,1-2H3,(H2,21,23,26)/b22-10-. The van der Waals surface area contributed by atoms with Gasteiger partial charge in [0.15, 0.2) is 16.6 Å². The molecule has 0 heterocycles. The van der Waals surface area contributed by atoms with Gasteiger partial charge in [0.05, 0.1) is 17.8 Å². The summed E-state index contributed by atoms with van der Waals surface area (Å²) in [5, 5.41) is 7.46. The van der Waals surface area contributed by atoms with E-state index in [-0.39, 0.29) is 12.4 Å². The van der Waals surface area contributed by atoms with Crippen molar-refractivity contribution < 1.29 is 13.9 Å². The second kappa shape index (κ2) is 10.1. The first-order valence-corrected chi connectivity index (χ1v) is 9.05. The van der Waals surface area contributed by atoms with E-state index < -0.39 is 0 Å². The molecule has 8 heteroatoms. The molecule has 2 rings (SSSR count). The van der Waals surface area contributed by atoms with Gasteiger partial charge in [-0.1, -0.05) is 12.1 Å². The average Bonchev–Trinajstić information content (AvgIpc) is 2.60. The average molecular weight is 440 g/mol. The van der Waals surface area contributed by atoms with Gasteiger partial charge in [0.25, 0.3) is 0 Å². The van der Waals surface area contributed by atoms with Crippen LogP contribution in [0.4, 0.5) is 4.39 Å². The summed E-state index contributed by atoms with van der Waals surface area (Å²) in [6.45, 7) is 2.89. The number of hydrogen-bond donors (Lipinski definition) is 2. The van der Waals surface area contributed by atoms with Crippen LogP contribution in [0.15, 0.2) is 46.0 Å². The molecule has 0 aliphatic carbocycles. The van der Waals surface area contributed by atoms with Crippen LogP contribution in [0.5, 0.6) is 11.5 Å². The highest BCUT2D eigenvalue weighted by Gasteiger charge is 2.11. The van der Waals surface area contributed by atoms with Crippen LogP contribution in [0, 0.1) is 5.82 Å². The molecule has 2 N–H and O–H groups in total. The minimum atomic E-state index is -0.299. The molecule has 0 radical (unpaired) electrons. The van der Waals surface area contributed by atoms with Gasteiger partial charge in [0.2, 0.25) is 0 Å². The van der Waals surface area contributed by atoms with Gasteiger partial charge in [-0.15, -0.1) is 0 Å². The molecule has 2 aromatic carbocycles. The minimum absolute atomic E-state index is 0.221. The Morgan fingerprint density at radius 2 is 2.15 bits per heavy atom. The molecule has 0 aliphatic heterocycles. The van der Waals surface area contributed by atoms with Crippen LogP contribution in [0.3, 0.4) is 0 Å². The summed E-state index contributed by atoms with van der Waals surface area (Å²) in [5.41, 5.74) is 4.24. The Morgan fingerprint density at radius 1 is 1.35 bits per heavy atom. The number of nitrogens with one attached hydrogen (secondary N) is 2. The molecule has 0 aliphatic rings. The highest BCUT2D eigenvalue weighted by molar-refractivity contribution is 9.10. The van der Waals surface area contributed by atoms with Crippen LogP contribution in [-0.4, -0.2) is 25.0 Å². The normalized spacial score (nSPS) is 10.6. The van der Waals surface area contributed by atoms with Gasteiger partial charge in [-0.3, -0.25) is 5.43 Å². The van der Waals surface area contributed by atoms with Crippen LogP contribution in [0.1, 0.15) is 18.1 Å². The third kappa shape index (κ3) is 5.96. The third-order valence-electron chi connectivity index (χ3n) is 3.24. The first-order chi connectivity index (χ1) is 12.5. The van der Waals surface area contributed by atoms with Crippen molar-refractivity contribution in [2.45, 2.75) is 13.5 Å². The monoisotopic (exact) mass is 439 g/mol. The zero-order valence-corrected chi connectivity index (χ0v) is 16.8. The summed E-state index contributed by atoms with van der Waals surface area (Å²) in [6, 6.07) is 9.89. The van der Waals surface area contributed by atoms with Crippen LogP contribution in [0.25, 0.3) is 0 Å². The van der Waals surface area contributed by atoms with Gasteiger partial charge in [0, 0.05) is 6.54 Å². The van der Waals surface area contributed by atoms with Crippen LogP contribution in [-0.2, 0) is 6.61 Å². The molecule has 2 aromatic rings. The fourth-order valence-electron chi connectivity index (χ4n) is 2.10. The predicted molar refractivity (Wildman–Crippen MR) is 108 cm³/mol. The van der Waals surface area contributed by atoms with Gasteiger partial charge in [0.1, 0.15) is 12.4 Å². The number of hydrazone groups is 1. The van der Waals surface area contributed by atoms with Crippen molar-refractivity contribution in [3.05, 3.63) is 57.8 Å². The van der Waals surface area contributed by atoms with E-state index in [0.717, 1.165) is 17.7 Å². The summed E-state index contributed by atoms with van der Waals surface area (Å²) in [5.74, 6) is 0.767. The van der Waals surface area contributed by atoms with Crippen molar-refractivity contribution in [1.29, 1.82) is 0 Å². The quantitative estimate of drug-likeness (QED) is 0.388. The first-order valence-electron chi connectivity index (χ1n) is 7.85. The number of methoxy groups -OCH3 is 1. The molecule has 0 bridgehead atoms. The Hall–Kier alpha value is -2.19. The highest BCUT2D eigenvalue weighted by atomic mass is 79.9. The lowest BCUT2D eigenvalue weighted by Crippen LogP contribution is -2.31. The summed E-state index contributed by atoms with van der Waals surface area (Å²) in [7, 11) is 1.55. The molecule has 0 unspecified atom stereocenters. The molecule has 0 spiro atoms. The molecule has 138 valence electrons. The highest BCUT2D eigenvalue weighted by Crippen LogP contribution is 2.36. The minimum Gasteiger partial charge on any atom is -0.493 e. The molecule has 0 amide bonds. The molecule has 0 saturated carbocycles. The number of ether oxygens (including phenoxy) is 2. The van der Waals surface area contributed by atoms with Crippen LogP contribution in [0.2, 0.25) is 0 Å². The maximum absolute atomic E-state index is 13.3. The van der Waals surface area contributed by atoms with Crippen molar-refractivity contribution >= 4 is 39.5 Å². The summed E-state index contributed by atoms with van der Waals surface area (Å²) in [4.78, 5) is 0. The molecular weight excluding hydrogens is 421 g/mol. The predicted octanol–water partition coefficient (Wildman–Crippen LogP) is 3.99. The van der Waals surface area contributed by atoms with Gasteiger partial charge in [-0.25, -0.2) is 4.39 Å². The van der Waals surface area contributed by atoms with E-state index in [1.54, 1.807) is 31.5 Å². The molecule has 0 saturated heterocycles. The molecule has 0 fully saturated rings. The van der Waals surface area contributed by atoms with Gasteiger partial charge in [-0.2, -0.15) is 5.10 Å². The first kappa shape index (κ1) is 20.1. The van der Waals surface area contributed by atoms with Gasteiger partial charge in [-0.05, 0) is 70.5 Å². The zero-order valence-electron chi connectivity index (χ0n) is 14.4. The molecule has 26 heavy (non-hydrogen) atoms. The van der Waals surface area contributed by atoms with Crippen molar-refractivity contribution in [3.8, 4) is 11.5 Å². The lowest BCUT2D eigenvalue weighted by molar-refractivity contribution is 0.282. The number of nitrogens with zero attached hydrogens (tertiary/aromatic N) is 1. The number of thiocarbonyl (C=S) groups is 1. The SMILES string of the molecule is CCNC(=S)N/N=C\c1cc(Br)c(OCc2cccc(F)c2)c(OC)c1. The second-order valence-electron chi connectivity index (χ2n) is 5.18. The summed E-state index contributed by atoms with van der Waals surface area (Å²) in [6.07, 6.45) is 1.62. The van der Waals surface area contributed by atoms with E-state index in [4.69, 9.17) is 21.7 Å². The Bertz CT molecular complexity index is 802. The van der Waals surface area contributed by atoms with E-state index in [1.165, 1.54) is 12.1 Å². The van der Waals surface area contributed by atoms with Gasteiger partial charge >= 0.3 is 0 Å². The molecule has 5 nitrogen and oxygen atoms in total. The lowest BCUT2D eigenvalue weighted by Gasteiger charge is -2.13. The summed E-state index contributed by atoms with van der Waals surface area (Å²) >= 11 is 8.51. The number of rotatable bonds is 7. The van der Waals surface area contributed by atoms with Crippen molar-refractivity contribution in [3.63, 3.8) is 0 Å². The zero-order chi connectivity index (χ0) is 18.9. The summed E-state index contributed by atoms with van der Waals surface area (Å²) < 4.78 is 25.2. The maximum Gasteiger partial charge on any atom is 0.186 e. The fourth-order valence-corrected chi connectivity index (χ4v) is 2.87. The Kier molecular flexibility index (Phi) is 7.80. The largest absolute Gasteiger partial charge is 0.493 e. The van der Waals surface area contributed by atoms with Crippen molar-refractivity contribution in [2.24, 2.45) is 5.10 Å². The fraction of sp³-hybridized carbons (Fsp3) is 0.222. The van der Waals surface area contributed by atoms with E-state index in [9.17, 15) is 4.39 Å². The lowest BCUT2D eigenvalue weighted by atomic mass is 10.2. The van der Waals surface area contributed by atoms with Crippen LogP contribution >= 0.6 is 28.1 Å². The second-order valence-corrected chi connectivity index (χ2v) is 6.44. The number of halogens is 2. The van der Waals surface area contributed by atoms with E-state index in [1.807, 2.05) is 13.0 Å². The van der Waals surface area contributed by atoms with E-state index in [0.29, 0.717) is 21.1 Å². The molecule has 0 aromatic heterocycles. The Morgan fingerprint density at radius 3 is 2.85 bits per heavy atom. The topological polar surface area (TPSA) is 54.9 Å².